The fourth-order valence-electron chi connectivity index (χ4n) is 4.09. The molecule has 1 saturated carbocycles. The molecule has 4 nitrogen and oxygen atoms in total. The van der Waals surface area contributed by atoms with Crippen LogP contribution in [-0.4, -0.2) is 24.4 Å². The van der Waals surface area contributed by atoms with Gasteiger partial charge in [-0.15, -0.1) is 0 Å². The Bertz CT molecular complexity index is 991. The van der Waals surface area contributed by atoms with Crippen LogP contribution in [0.3, 0.4) is 0 Å². The highest BCUT2D eigenvalue weighted by atomic mass is 35.5. The zero-order chi connectivity index (χ0) is 21.1. The van der Waals surface area contributed by atoms with Crippen LogP contribution in [0.2, 0.25) is 5.02 Å². The SMILES string of the molecule is C[C@H]1CCCC[C@@H]1NC(=O)CN1C(=O)/C(=C\c2cccc(Cl)c2)Sc2ccccc21. The Hall–Kier alpha value is -2.24. The van der Waals surface area contributed by atoms with Gasteiger partial charge in [0, 0.05) is 16.0 Å². The first-order chi connectivity index (χ1) is 14.5. The molecule has 0 aromatic heterocycles. The monoisotopic (exact) mass is 440 g/mol. The van der Waals surface area contributed by atoms with E-state index in [-0.39, 0.29) is 24.4 Å². The highest BCUT2D eigenvalue weighted by Gasteiger charge is 2.31. The molecule has 4 rings (SSSR count). The molecule has 0 bridgehead atoms. The van der Waals surface area contributed by atoms with Crippen molar-refractivity contribution in [2.45, 2.75) is 43.5 Å². The molecule has 0 unspecified atom stereocenters. The van der Waals surface area contributed by atoms with E-state index < -0.39 is 0 Å². The van der Waals surface area contributed by atoms with Gasteiger partial charge >= 0.3 is 0 Å². The number of nitrogens with one attached hydrogen (secondary N) is 1. The molecule has 2 aliphatic rings. The summed E-state index contributed by atoms with van der Waals surface area (Å²) >= 11 is 7.53. The van der Waals surface area contributed by atoms with Crippen LogP contribution in [0.5, 0.6) is 0 Å². The van der Waals surface area contributed by atoms with E-state index in [1.54, 1.807) is 11.0 Å². The molecule has 1 aliphatic carbocycles. The average Bonchev–Trinajstić information content (AvgIpc) is 2.73. The second-order valence-corrected chi connectivity index (χ2v) is 9.48. The zero-order valence-electron chi connectivity index (χ0n) is 16.9. The molecule has 1 aliphatic heterocycles. The fourth-order valence-corrected chi connectivity index (χ4v) is 5.35. The molecule has 0 radical (unpaired) electrons. The lowest BCUT2D eigenvalue weighted by atomic mass is 9.86. The Kier molecular flexibility index (Phi) is 6.49. The van der Waals surface area contributed by atoms with E-state index in [0.717, 1.165) is 35.4 Å². The summed E-state index contributed by atoms with van der Waals surface area (Å²) in [5.41, 5.74) is 1.64. The fraction of sp³-hybridized carbons (Fsp3) is 0.333. The molecule has 6 heteroatoms. The number of para-hydroxylation sites is 1. The van der Waals surface area contributed by atoms with E-state index in [4.69, 9.17) is 11.6 Å². The molecule has 30 heavy (non-hydrogen) atoms. The molecule has 0 saturated heterocycles. The number of carbonyl (C=O) groups is 2. The number of amides is 2. The van der Waals surface area contributed by atoms with Crippen molar-refractivity contribution in [3.63, 3.8) is 0 Å². The molecule has 1 fully saturated rings. The predicted octanol–water partition coefficient (Wildman–Crippen LogP) is 5.51. The smallest absolute Gasteiger partial charge is 0.265 e. The van der Waals surface area contributed by atoms with Crippen molar-refractivity contribution in [1.82, 2.24) is 5.32 Å². The summed E-state index contributed by atoms with van der Waals surface area (Å²) in [5, 5.41) is 3.78. The number of carbonyl (C=O) groups excluding carboxylic acids is 2. The van der Waals surface area contributed by atoms with Crippen molar-refractivity contribution in [3.8, 4) is 0 Å². The summed E-state index contributed by atoms with van der Waals surface area (Å²) in [4.78, 5) is 29.3. The van der Waals surface area contributed by atoms with Crippen LogP contribution in [0.4, 0.5) is 5.69 Å². The molecule has 156 valence electrons. The molecule has 2 aromatic carbocycles. The third-order valence-electron chi connectivity index (χ3n) is 5.74. The zero-order valence-corrected chi connectivity index (χ0v) is 18.5. The van der Waals surface area contributed by atoms with Crippen LogP contribution in [0.1, 0.15) is 38.2 Å². The average molecular weight is 441 g/mol. The summed E-state index contributed by atoms with van der Waals surface area (Å²) in [6.07, 6.45) is 6.35. The van der Waals surface area contributed by atoms with Crippen molar-refractivity contribution in [1.29, 1.82) is 0 Å². The number of halogens is 1. The van der Waals surface area contributed by atoms with E-state index in [9.17, 15) is 9.59 Å². The van der Waals surface area contributed by atoms with Gasteiger partial charge in [0.15, 0.2) is 0 Å². The van der Waals surface area contributed by atoms with Crippen LogP contribution >= 0.6 is 23.4 Å². The van der Waals surface area contributed by atoms with Crippen LogP contribution in [-0.2, 0) is 9.59 Å². The van der Waals surface area contributed by atoms with E-state index in [1.807, 2.05) is 48.5 Å². The lowest BCUT2D eigenvalue weighted by Gasteiger charge is -2.32. The lowest BCUT2D eigenvalue weighted by Crippen LogP contribution is -2.48. The molecule has 0 spiro atoms. The van der Waals surface area contributed by atoms with Gasteiger partial charge in [0.2, 0.25) is 5.91 Å². The maximum atomic E-state index is 13.3. The van der Waals surface area contributed by atoms with Crippen LogP contribution in [0, 0.1) is 5.92 Å². The third kappa shape index (κ3) is 4.73. The number of rotatable bonds is 4. The molecule has 2 atom stereocenters. The first kappa shape index (κ1) is 21.0. The number of hydrogen-bond acceptors (Lipinski definition) is 3. The van der Waals surface area contributed by atoms with Gasteiger partial charge in [-0.05, 0) is 54.7 Å². The first-order valence-electron chi connectivity index (χ1n) is 10.4. The second-order valence-electron chi connectivity index (χ2n) is 7.96. The number of benzene rings is 2. The van der Waals surface area contributed by atoms with Crippen LogP contribution < -0.4 is 10.2 Å². The largest absolute Gasteiger partial charge is 0.352 e. The maximum Gasteiger partial charge on any atom is 0.265 e. The second kappa shape index (κ2) is 9.27. The quantitative estimate of drug-likeness (QED) is 0.637. The Morgan fingerprint density at radius 2 is 2.00 bits per heavy atom. The minimum atomic E-state index is -0.162. The minimum absolute atomic E-state index is 0.0203. The van der Waals surface area contributed by atoms with Crippen molar-refractivity contribution in [3.05, 3.63) is 64.0 Å². The summed E-state index contributed by atoms with van der Waals surface area (Å²) in [7, 11) is 0. The lowest BCUT2D eigenvalue weighted by molar-refractivity contribution is -0.123. The van der Waals surface area contributed by atoms with Gasteiger partial charge < -0.3 is 5.32 Å². The van der Waals surface area contributed by atoms with Gasteiger partial charge in [-0.3, -0.25) is 14.5 Å². The van der Waals surface area contributed by atoms with E-state index >= 15 is 0 Å². The van der Waals surface area contributed by atoms with Crippen LogP contribution in [0.15, 0.2) is 58.3 Å². The molecule has 1 heterocycles. The Labute approximate surface area is 186 Å². The van der Waals surface area contributed by atoms with Gasteiger partial charge in [-0.25, -0.2) is 0 Å². The van der Waals surface area contributed by atoms with E-state index in [2.05, 4.69) is 12.2 Å². The minimum Gasteiger partial charge on any atom is -0.352 e. The highest BCUT2D eigenvalue weighted by molar-refractivity contribution is 8.04. The van der Waals surface area contributed by atoms with Gasteiger partial charge in [-0.1, -0.05) is 67.4 Å². The maximum absolute atomic E-state index is 13.3. The number of nitrogens with zero attached hydrogens (tertiary/aromatic N) is 1. The Balaban J connectivity index is 1.57. The molecule has 2 aromatic rings. The van der Waals surface area contributed by atoms with Crippen molar-refractivity contribution >= 4 is 46.9 Å². The van der Waals surface area contributed by atoms with Gasteiger partial charge in [-0.2, -0.15) is 0 Å². The third-order valence-corrected chi connectivity index (χ3v) is 7.05. The molecular weight excluding hydrogens is 416 g/mol. The first-order valence-corrected chi connectivity index (χ1v) is 11.6. The van der Waals surface area contributed by atoms with Gasteiger partial charge in [0.05, 0.1) is 10.6 Å². The highest BCUT2D eigenvalue weighted by Crippen LogP contribution is 2.42. The normalized spacial score (nSPS) is 22.7. The molecular formula is C24H25ClN2O2S. The van der Waals surface area contributed by atoms with Gasteiger partial charge in [0.1, 0.15) is 6.54 Å². The summed E-state index contributed by atoms with van der Waals surface area (Å²) in [5.74, 6) is 0.206. The standard InChI is InChI=1S/C24H25ClN2O2S/c1-16-7-2-3-10-19(16)26-23(28)15-27-20-11-4-5-12-21(20)30-22(24(27)29)14-17-8-6-9-18(25)13-17/h4-6,8-9,11-14,16,19H,2-3,7,10,15H2,1H3,(H,26,28)/b22-14+/t16-,19-/m0/s1. The molecule has 2 amide bonds. The van der Waals surface area contributed by atoms with E-state index in [0.29, 0.717) is 15.8 Å². The van der Waals surface area contributed by atoms with Crippen molar-refractivity contribution in [2.75, 3.05) is 11.4 Å². The van der Waals surface area contributed by atoms with E-state index in [1.165, 1.54) is 18.2 Å². The van der Waals surface area contributed by atoms with Crippen molar-refractivity contribution in [2.24, 2.45) is 5.92 Å². The number of hydrogen-bond donors (Lipinski definition) is 1. The number of thioether (sulfide) groups is 1. The summed E-state index contributed by atoms with van der Waals surface area (Å²) in [6, 6.07) is 15.3. The predicted molar refractivity (Wildman–Crippen MR) is 124 cm³/mol. The summed E-state index contributed by atoms with van der Waals surface area (Å²) in [6.45, 7) is 2.21. The molecule has 1 N–H and O–H groups in total. The summed E-state index contributed by atoms with van der Waals surface area (Å²) < 4.78 is 0. The van der Waals surface area contributed by atoms with Crippen LogP contribution in [0.25, 0.3) is 6.08 Å². The Morgan fingerprint density at radius 3 is 2.80 bits per heavy atom. The van der Waals surface area contributed by atoms with Crippen molar-refractivity contribution < 1.29 is 9.59 Å². The Morgan fingerprint density at radius 1 is 1.20 bits per heavy atom. The van der Waals surface area contributed by atoms with Gasteiger partial charge in [0.25, 0.3) is 5.91 Å². The number of fused-ring (bicyclic) bond motifs is 1. The number of anilines is 1. The topological polar surface area (TPSA) is 49.4 Å².